The molecule has 0 radical (unpaired) electrons. The average Bonchev–Trinajstić information content (AvgIpc) is 3.50. The third kappa shape index (κ3) is 4.36. The zero-order chi connectivity index (χ0) is 28.3. The lowest BCUT2D eigenvalue weighted by Crippen LogP contribution is -2.42. The maximum atomic E-state index is 16.5. The van der Waals surface area contributed by atoms with E-state index in [0.717, 1.165) is 22.0 Å². The number of carbonyl (C=O) groups is 1. The van der Waals surface area contributed by atoms with Gasteiger partial charge in [-0.15, -0.1) is 16.9 Å². The molecule has 1 saturated heterocycles. The summed E-state index contributed by atoms with van der Waals surface area (Å²) in [4.78, 5) is 19.1. The van der Waals surface area contributed by atoms with E-state index in [1.165, 1.54) is 11.8 Å². The first-order valence-electron chi connectivity index (χ1n) is 13.4. The number of nitrogens with zero attached hydrogens (tertiary/aromatic N) is 7. The second-order valence-corrected chi connectivity index (χ2v) is 12.1. The van der Waals surface area contributed by atoms with Crippen LogP contribution in [0.4, 0.5) is 9.18 Å². The maximum Gasteiger partial charge on any atom is 0.410 e. The van der Waals surface area contributed by atoms with Crippen molar-refractivity contribution in [2.75, 3.05) is 19.3 Å². The molecular weight excluding hydrogens is 529 g/mol. The summed E-state index contributed by atoms with van der Waals surface area (Å²) < 4.78 is 25.8. The number of aryl methyl sites for hydroxylation is 2. The molecule has 0 bridgehead atoms. The number of fused-ring (bicyclic) bond motifs is 4. The number of rotatable bonds is 3. The van der Waals surface area contributed by atoms with Gasteiger partial charge in [-0.1, -0.05) is 23.4 Å². The first-order valence-corrected chi connectivity index (χ1v) is 14.6. The average molecular weight is 562 g/mol. The number of aromatic nitrogens is 6. The highest BCUT2D eigenvalue weighted by atomic mass is 32.2. The van der Waals surface area contributed by atoms with E-state index < -0.39 is 11.4 Å². The quantitative estimate of drug-likeness (QED) is 0.240. The number of hydrogen-bond acceptors (Lipinski definition) is 7. The Morgan fingerprint density at radius 2 is 1.85 bits per heavy atom. The van der Waals surface area contributed by atoms with E-state index >= 15 is 4.39 Å². The predicted octanol–water partition coefficient (Wildman–Crippen LogP) is 6.27. The van der Waals surface area contributed by atoms with Crippen LogP contribution in [-0.4, -0.2) is 65.7 Å². The van der Waals surface area contributed by atoms with E-state index in [2.05, 4.69) is 15.4 Å². The van der Waals surface area contributed by atoms with Gasteiger partial charge in [0.15, 0.2) is 5.82 Å². The topological polar surface area (TPSA) is 91.0 Å². The number of carbonyl (C=O) groups excluding carboxylic acids is 1. The number of pyridine rings is 1. The fraction of sp³-hybridized carbons (Fsp3) is 0.414. The van der Waals surface area contributed by atoms with Crippen LogP contribution in [0.3, 0.4) is 0 Å². The van der Waals surface area contributed by atoms with Crippen LogP contribution in [0, 0.1) is 12.7 Å². The summed E-state index contributed by atoms with van der Waals surface area (Å²) in [5, 5.41) is 15.9. The van der Waals surface area contributed by atoms with Crippen molar-refractivity contribution in [1.82, 2.24) is 34.7 Å². The molecule has 1 fully saturated rings. The summed E-state index contributed by atoms with van der Waals surface area (Å²) >= 11 is 1.42. The molecule has 0 N–H and O–H groups in total. The Labute approximate surface area is 235 Å². The molecule has 0 atom stereocenters. The molecule has 0 saturated carbocycles. The molecule has 0 spiro atoms. The minimum Gasteiger partial charge on any atom is -0.444 e. The number of ether oxygens (including phenoxy) is 1. The molecule has 2 aromatic carbocycles. The lowest BCUT2D eigenvalue weighted by molar-refractivity contribution is 0.0185. The van der Waals surface area contributed by atoms with Gasteiger partial charge < -0.3 is 9.64 Å². The van der Waals surface area contributed by atoms with Crippen molar-refractivity contribution in [3.05, 3.63) is 41.7 Å². The lowest BCUT2D eigenvalue weighted by atomic mass is 9.98. The van der Waals surface area contributed by atoms with Crippen LogP contribution in [-0.2, 0) is 11.8 Å². The molecule has 1 aliphatic rings. The van der Waals surface area contributed by atoms with E-state index in [-0.39, 0.29) is 17.7 Å². The van der Waals surface area contributed by atoms with E-state index in [1.807, 2.05) is 76.0 Å². The summed E-state index contributed by atoms with van der Waals surface area (Å²) in [7, 11) is 1.87. The number of amides is 1. The molecule has 4 heterocycles. The summed E-state index contributed by atoms with van der Waals surface area (Å²) in [5.74, 6) is -0.399. The molecular formula is C29H32FN7O2S. The number of piperidine rings is 1. The first kappa shape index (κ1) is 26.5. The first-order chi connectivity index (χ1) is 19.1. The Morgan fingerprint density at radius 3 is 2.55 bits per heavy atom. The number of hydrogen-bond donors (Lipinski definition) is 0. The Balaban J connectivity index is 1.45. The lowest BCUT2D eigenvalue weighted by Gasteiger charge is -2.33. The minimum absolute atomic E-state index is 0.00627. The van der Waals surface area contributed by atoms with Crippen LogP contribution >= 0.6 is 11.8 Å². The second-order valence-electron chi connectivity index (χ2n) is 11.3. The van der Waals surface area contributed by atoms with Gasteiger partial charge in [0.2, 0.25) is 0 Å². The van der Waals surface area contributed by atoms with E-state index in [1.54, 1.807) is 9.58 Å². The largest absolute Gasteiger partial charge is 0.444 e. The fourth-order valence-corrected chi connectivity index (χ4v) is 6.12. The van der Waals surface area contributed by atoms with Gasteiger partial charge in [-0.2, -0.15) is 5.10 Å². The number of benzene rings is 2. The monoisotopic (exact) mass is 561 g/mol. The van der Waals surface area contributed by atoms with Crippen molar-refractivity contribution < 1.29 is 13.9 Å². The Kier molecular flexibility index (Phi) is 6.44. The van der Waals surface area contributed by atoms with Crippen molar-refractivity contribution in [3.63, 3.8) is 0 Å². The van der Waals surface area contributed by atoms with Crippen molar-refractivity contribution >= 4 is 50.7 Å². The maximum absolute atomic E-state index is 16.5. The van der Waals surface area contributed by atoms with Crippen molar-refractivity contribution in [3.8, 4) is 11.3 Å². The summed E-state index contributed by atoms with van der Waals surface area (Å²) in [6.07, 6.45) is 2.98. The Hall–Kier alpha value is -3.73. The van der Waals surface area contributed by atoms with Crippen LogP contribution in [0.5, 0.6) is 0 Å². The standard InChI is InChI=1S/C29H32FN7O2S/c1-16-15-19-24(22(30)21(16)23-18-9-7-8-10-20(18)35(5)33-23)31-27(40-6)25-26(19)37(34-32-25)17-11-13-36(14-12-17)28(38)39-29(2,3)4/h7-10,15,17H,11-14H2,1-6H3. The van der Waals surface area contributed by atoms with Crippen molar-refractivity contribution in [2.45, 2.75) is 57.2 Å². The van der Waals surface area contributed by atoms with Gasteiger partial charge in [-0.3, -0.25) is 4.68 Å². The van der Waals surface area contributed by atoms with Crippen molar-refractivity contribution in [2.24, 2.45) is 7.05 Å². The zero-order valence-corrected chi connectivity index (χ0v) is 24.3. The minimum atomic E-state index is -0.543. The van der Waals surface area contributed by atoms with Crippen LogP contribution in [0.25, 0.3) is 44.1 Å². The molecule has 1 amide bonds. The van der Waals surface area contributed by atoms with Gasteiger partial charge in [-0.25, -0.2) is 18.9 Å². The molecule has 1 aliphatic heterocycles. The Morgan fingerprint density at radius 1 is 1.12 bits per heavy atom. The van der Waals surface area contributed by atoms with Gasteiger partial charge >= 0.3 is 6.09 Å². The van der Waals surface area contributed by atoms with Crippen molar-refractivity contribution in [1.29, 1.82) is 0 Å². The van der Waals surface area contributed by atoms with Gasteiger partial charge in [-0.05, 0) is 64.5 Å². The summed E-state index contributed by atoms with van der Waals surface area (Å²) in [5.41, 5.74) is 3.91. The third-order valence-electron chi connectivity index (χ3n) is 7.45. The molecule has 0 aliphatic carbocycles. The van der Waals surface area contributed by atoms with Gasteiger partial charge in [0, 0.05) is 36.5 Å². The van der Waals surface area contributed by atoms with Crippen LogP contribution in [0.15, 0.2) is 35.4 Å². The van der Waals surface area contributed by atoms with Crippen LogP contribution in [0.1, 0.15) is 45.2 Å². The fourth-order valence-electron chi connectivity index (χ4n) is 5.61. The predicted molar refractivity (Wildman–Crippen MR) is 155 cm³/mol. The van der Waals surface area contributed by atoms with Crippen LogP contribution in [0.2, 0.25) is 0 Å². The highest BCUT2D eigenvalue weighted by Crippen LogP contribution is 2.40. The van der Waals surface area contributed by atoms with Gasteiger partial charge in [0.1, 0.15) is 32.9 Å². The smallest absolute Gasteiger partial charge is 0.410 e. The number of thioether (sulfide) groups is 1. The molecule has 3 aromatic heterocycles. The van der Waals surface area contributed by atoms with E-state index in [0.29, 0.717) is 53.1 Å². The molecule has 208 valence electrons. The zero-order valence-electron chi connectivity index (χ0n) is 23.5. The molecule has 5 aromatic rings. The third-order valence-corrected chi connectivity index (χ3v) is 8.12. The van der Waals surface area contributed by atoms with E-state index in [9.17, 15) is 4.79 Å². The van der Waals surface area contributed by atoms with Crippen LogP contribution < -0.4 is 0 Å². The van der Waals surface area contributed by atoms with E-state index in [4.69, 9.17) is 9.72 Å². The van der Waals surface area contributed by atoms with Gasteiger partial charge in [0.05, 0.1) is 11.6 Å². The molecule has 40 heavy (non-hydrogen) atoms. The molecule has 0 unspecified atom stereocenters. The SMILES string of the molecule is CSc1nc2c(F)c(-c3nn(C)c4ccccc34)c(C)cc2c2c1nnn2C1CCN(C(=O)OC(C)(C)C)CC1. The second kappa shape index (κ2) is 9.72. The number of halogens is 1. The molecule has 6 rings (SSSR count). The van der Waals surface area contributed by atoms with Gasteiger partial charge in [0.25, 0.3) is 0 Å². The molecule has 11 heteroatoms. The summed E-state index contributed by atoms with van der Waals surface area (Å²) in [6, 6.07) is 9.82. The molecule has 9 nitrogen and oxygen atoms in total. The number of para-hydroxylation sites is 1. The summed E-state index contributed by atoms with van der Waals surface area (Å²) in [6.45, 7) is 8.59. The highest BCUT2D eigenvalue weighted by Gasteiger charge is 2.30. The number of likely N-dealkylation sites (tertiary alicyclic amines) is 1. The Bertz CT molecular complexity index is 1780. The highest BCUT2D eigenvalue weighted by molar-refractivity contribution is 7.98. The normalized spacial score (nSPS) is 15.0.